The van der Waals surface area contributed by atoms with E-state index in [0.717, 1.165) is 37.1 Å². The van der Waals surface area contributed by atoms with Crippen LogP contribution >= 0.6 is 22.9 Å². The summed E-state index contributed by atoms with van der Waals surface area (Å²) in [7, 11) is -3.56. The van der Waals surface area contributed by atoms with Gasteiger partial charge < -0.3 is 4.18 Å². The first-order chi connectivity index (χ1) is 12.0. The molecular formula is C17H21ClN2O3S2. The van der Waals surface area contributed by atoms with Crippen LogP contribution in [0.2, 0.25) is 4.34 Å². The second-order valence-electron chi connectivity index (χ2n) is 5.98. The summed E-state index contributed by atoms with van der Waals surface area (Å²) >= 11 is 7.58. The Labute approximate surface area is 157 Å². The second kappa shape index (κ2) is 8.51. The maximum atomic E-state index is 12.1. The fourth-order valence-corrected chi connectivity index (χ4v) is 4.83. The van der Waals surface area contributed by atoms with Crippen LogP contribution in [0.1, 0.15) is 4.88 Å². The minimum absolute atomic E-state index is 0.00241. The summed E-state index contributed by atoms with van der Waals surface area (Å²) in [5, 5.41) is 0. The highest BCUT2D eigenvalue weighted by atomic mass is 35.5. The predicted octanol–water partition coefficient (Wildman–Crippen LogP) is 2.93. The van der Waals surface area contributed by atoms with Crippen LogP contribution < -0.4 is 4.18 Å². The third-order valence-electron chi connectivity index (χ3n) is 4.10. The molecule has 2 aromatic rings. The van der Waals surface area contributed by atoms with Gasteiger partial charge in [0, 0.05) is 44.1 Å². The minimum Gasteiger partial charge on any atom is -0.382 e. The molecule has 1 aromatic carbocycles. The Morgan fingerprint density at radius 3 is 2.32 bits per heavy atom. The van der Waals surface area contributed by atoms with E-state index < -0.39 is 10.1 Å². The molecule has 0 spiro atoms. The van der Waals surface area contributed by atoms with Gasteiger partial charge in [-0.25, -0.2) is 0 Å². The summed E-state index contributed by atoms with van der Waals surface area (Å²) in [6, 6.07) is 12.6. The number of thiophene rings is 1. The van der Waals surface area contributed by atoms with Crippen molar-refractivity contribution in [3.8, 4) is 5.75 Å². The van der Waals surface area contributed by atoms with Gasteiger partial charge in [0.15, 0.2) is 0 Å². The molecule has 5 nitrogen and oxygen atoms in total. The molecule has 0 N–H and O–H groups in total. The zero-order valence-corrected chi connectivity index (χ0v) is 16.2. The molecule has 0 radical (unpaired) electrons. The predicted molar refractivity (Wildman–Crippen MR) is 102 cm³/mol. The van der Waals surface area contributed by atoms with E-state index in [1.54, 1.807) is 35.6 Å². The Hall–Kier alpha value is -1.12. The number of rotatable bonds is 7. The largest absolute Gasteiger partial charge is 0.382 e. The van der Waals surface area contributed by atoms with Gasteiger partial charge in [0.05, 0.1) is 10.1 Å². The quantitative estimate of drug-likeness (QED) is 0.669. The Bertz CT molecular complexity index is 772. The fraction of sp³-hybridized carbons (Fsp3) is 0.412. The number of benzene rings is 1. The van der Waals surface area contributed by atoms with Crippen LogP contribution in [0.3, 0.4) is 0 Å². The summed E-state index contributed by atoms with van der Waals surface area (Å²) < 4.78 is 30.1. The molecule has 1 aromatic heterocycles. The molecule has 0 saturated carbocycles. The van der Waals surface area contributed by atoms with Gasteiger partial charge in [-0.05, 0) is 24.3 Å². The Morgan fingerprint density at radius 1 is 1.00 bits per heavy atom. The van der Waals surface area contributed by atoms with Crippen LogP contribution in [-0.2, 0) is 16.7 Å². The lowest BCUT2D eigenvalue weighted by molar-refractivity contribution is 0.133. The maximum Gasteiger partial charge on any atom is 0.310 e. The van der Waals surface area contributed by atoms with E-state index in [1.165, 1.54) is 4.88 Å². The van der Waals surface area contributed by atoms with Gasteiger partial charge in [-0.1, -0.05) is 29.8 Å². The van der Waals surface area contributed by atoms with Crippen molar-refractivity contribution in [1.29, 1.82) is 0 Å². The molecule has 25 heavy (non-hydrogen) atoms. The summed E-state index contributed by atoms with van der Waals surface area (Å²) in [6.07, 6.45) is 0. The Morgan fingerprint density at radius 2 is 1.68 bits per heavy atom. The molecule has 0 aliphatic carbocycles. The van der Waals surface area contributed by atoms with Crippen LogP contribution in [0.5, 0.6) is 5.75 Å². The highest BCUT2D eigenvalue weighted by Gasteiger charge is 2.20. The topological polar surface area (TPSA) is 49.9 Å². The minimum atomic E-state index is -3.56. The van der Waals surface area contributed by atoms with Crippen LogP contribution in [0, 0.1) is 0 Å². The molecule has 1 aliphatic heterocycles. The highest BCUT2D eigenvalue weighted by Crippen LogP contribution is 2.23. The third kappa shape index (κ3) is 5.97. The third-order valence-corrected chi connectivity index (χ3v) is 6.44. The number of hydrogen-bond donors (Lipinski definition) is 0. The van der Waals surface area contributed by atoms with Crippen LogP contribution in [0.25, 0.3) is 0 Å². The molecule has 0 atom stereocenters. The van der Waals surface area contributed by atoms with E-state index in [9.17, 15) is 8.42 Å². The summed E-state index contributed by atoms with van der Waals surface area (Å²) in [5.41, 5.74) is 0. The van der Waals surface area contributed by atoms with Crippen molar-refractivity contribution in [2.45, 2.75) is 6.54 Å². The van der Waals surface area contributed by atoms with Crippen molar-refractivity contribution >= 4 is 33.1 Å². The van der Waals surface area contributed by atoms with Gasteiger partial charge in [0.2, 0.25) is 0 Å². The monoisotopic (exact) mass is 400 g/mol. The SMILES string of the molecule is O=S(=O)(CCN1CCN(Cc2ccc(Cl)s2)CC1)Oc1ccccc1. The first-order valence-corrected chi connectivity index (χ1v) is 10.9. The zero-order valence-electron chi connectivity index (χ0n) is 13.8. The van der Waals surface area contributed by atoms with Crippen molar-refractivity contribution in [2.75, 3.05) is 38.5 Å². The zero-order chi connectivity index (χ0) is 17.7. The molecule has 1 fully saturated rings. The number of nitrogens with zero attached hydrogens (tertiary/aromatic N) is 2. The molecule has 0 bridgehead atoms. The van der Waals surface area contributed by atoms with Crippen molar-refractivity contribution in [3.63, 3.8) is 0 Å². The average Bonchev–Trinajstić information content (AvgIpc) is 3.00. The normalized spacial score (nSPS) is 16.8. The number of halogens is 1. The van der Waals surface area contributed by atoms with Crippen LogP contribution in [-0.4, -0.2) is 56.7 Å². The van der Waals surface area contributed by atoms with Crippen LogP contribution in [0.4, 0.5) is 0 Å². The first-order valence-electron chi connectivity index (χ1n) is 8.16. The van der Waals surface area contributed by atoms with Gasteiger partial charge in [-0.2, -0.15) is 8.42 Å². The van der Waals surface area contributed by atoms with Crippen molar-refractivity contribution < 1.29 is 12.6 Å². The molecule has 1 aliphatic rings. The van der Waals surface area contributed by atoms with Gasteiger partial charge in [0.25, 0.3) is 0 Å². The standard InChI is InChI=1S/C17H21ClN2O3S2/c18-17-7-6-16(24-17)14-20-10-8-19(9-11-20)12-13-25(21,22)23-15-4-2-1-3-5-15/h1-7H,8-14H2. The molecule has 1 saturated heterocycles. The maximum absolute atomic E-state index is 12.1. The molecule has 0 unspecified atom stereocenters. The van der Waals surface area contributed by atoms with E-state index >= 15 is 0 Å². The van der Waals surface area contributed by atoms with Gasteiger partial charge in [-0.15, -0.1) is 11.3 Å². The second-order valence-corrected chi connectivity index (χ2v) is 9.47. The molecular weight excluding hydrogens is 380 g/mol. The van der Waals surface area contributed by atoms with E-state index in [-0.39, 0.29) is 5.75 Å². The van der Waals surface area contributed by atoms with E-state index in [4.69, 9.17) is 15.8 Å². The van der Waals surface area contributed by atoms with E-state index in [0.29, 0.717) is 12.3 Å². The fourth-order valence-electron chi connectivity index (χ4n) is 2.73. The number of piperazine rings is 1. The Kier molecular flexibility index (Phi) is 6.35. The highest BCUT2D eigenvalue weighted by molar-refractivity contribution is 7.87. The lowest BCUT2D eigenvalue weighted by Crippen LogP contribution is -2.47. The molecule has 0 amide bonds. The summed E-state index contributed by atoms with van der Waals surface area (Å²) in [5.74, 6) is 0.365. The van der Waals surface area contributed by atoms with Gasteiger partial charge >= 0.3 is 10.1 Å². The number of para-hydroxylation sites is 1. The smallest absolute Gasteiger partial charge is 0.310 e. The molecule has 3 rings (SSSR count). The van der Waals surface area contributed by atoms with Crippen molar-refractivity contribution in [1.82, 2.24) is 9.80 Å². The van der Waals surface area contributed by atoms with Gasteiger partial charge in [0.1, 0.15) is 5.75 Å². The lowest BCUT2D eigenvalue weighted by Gasteiger charge is -2.34. The molecule has 2 heterocycles. The number of hydrogen-bond acceptors (Lipinski definition) is 6. The molecule has 136 valence electrons. The van der Waals surface area contributed by atoms with E-state index in [1.807, 2.05) is 12.1 Å². The lowest BCUT2D eigenvalue weighted by atomic mass is 10.3. The van der Waals surface area contributed by atoms with Gasteiger partial charge in [-0.3, -0.25) is 9.80 Å². The van der Waals surface area contributed by atoms with Crippen LogP contribution in [0.15, 0.2) is 42.5 Å². The summed E-state index contributed by atoms with van der Waals surface area (Å²) in [4.78, 5) is 5.80. The first kappa shape index (κ1) is 18.7. The summed E-state index contributed by atoms with van der Waals surface area (Å²) in [6.45, 7) is 4.97. The van der Waals surface area contributed by atoms with E-state index in [2.05, 4.69) is 15.9 Å². The van der Waals surface area contributed by atoms with Crippen molar-refractivity contribution in [3.05, 3.63) is 51.7 Å². The average molecular weight is 401 g/mol. The van der Waals surface area contributed by atoms with Crippen molar-refractivity contribution in [2.24, 2.45) is 0 Å². The Balaban J connectivity index is 1.41. The molecule has 8 heteroatoms.